The Labute approximate surface area is 244 Å². The molecule has 0 atom stereocenters. The molecule has 0 bridgehead atoms. The normalized spacial score (nSPS) is 10.7. The number of amides is 1. The summed E-state index contributed by atoms with van der Waals surface area (Å²) in [6.45, 7) is 5.94. The van der Waals surface area contributed by atoms with E-state index in [9.17, 15) is 4.79 Å². The van der Waals surface area contributed by atoms with Crippen molar-refractivity contribution in [2.24, 2.45) is 0 Å². The molecule has 0 aliphatic rings. The van der Waals surface area contributed by atoms with Gasteiger partial charge in [0.2, 0.25) is 5.51 Å². The maximum atomic E-state index is 12.6. The molecule has 208 valence electrons. The Morgan fingerprint density at radius 3 is 1.95 bits per heavy atom. The van der Waals surface area contributed by atoms with E-state index in [-0.39, 0.29) is 22.9 Å². The van der Waals surface area contributed by atoms with Crippen LogP contribution in [0.2, 0.25) is 0 Å². The molecule has 2 aromatic carbocycles. The van der Waals surface area contributed by atoms with Crippen LogP contribution in [0.25, 0.3) is 0 Å². The van der Waals surface area contributed by atoms with Crippen molar-refractivity contribution in [1.82, 2.24) is 0 Å². The van der Waals surface area contributed by atoms with Gasteiger partial charge in [-0.05, 0) is 49.7 Å². The van der Waals surface area contributed by atoms with Crippen molar-refractivity contribution in [1.29, 1.82) is 0 Å². The minimum atomic E-state index is -0.101. The highest BCUT2D eigenvalue weighted by atomic mass is 79.9. The highest BCUT2D eigenvalue weighted by molar-refractivity contribution is 7.09. The first-order valence-electron chi connectivity index (χ1n) is 14.2. The number of thiazole rings is 1. The number of hydrogen-bond donors (Lipinski definition) is 1. The number of aromatic nitrogens is 1. The average Bonchev–Trinajstić information content (AvgIpc) is 3.32. The second-order valence-corrected chi connectivity index (χ2v) is 11.1. The van der Waals surface area contributed by atoms with Crippen LogP contribution in [0.15, 0.2) is 60.2 Å². The first-order valence-corrected chi connectivity index (χ1v) is 15.1. The maximum Gasteiger partial charge on any atom is 0.255 e. The zero-order chi connectivity index (χ0) is 26.1. The minimum absolute atomic E-state index is 0. The summed E-state index contributed by atoms with van der Waals surface area (Å²) < 4.78 is 8.06. The molecule has 4 nitrogen and oxygen atoms in total. The van der Waals surface area contributed by atoms with Gasteiger partial charge in [0, 0.05) is 16.8 Å². The molecule has 0 saturated carbocycles. The van der Waals surface area contributed by atoms with Crippen LogP contribution >= 0.6 is 11.3 Å². The second-order valence-electron chi connectivity index (χ2n) is 10.0. The van der Waals surface area contributed by atoms with Gasteiger partial charge in [0.15, 0.2) is 12.7 Å². The van der Waals surface area contributed by atoms with Crippen molar-refractivity contribution in [3.05, 3.63) is 76.2 Å². The van der Waals surface area contributed by atoms with Crippen molar-refractivity contribution in [3.8, 4) is 5.75 Å². The van der Waals surface area contributed by atoms with Gasteiger partial charge < -0.3 is 27.0 Å². The number of aryl methyl sites for hydroxylation is 1. The molecule has 0 aliphatic heterocycles. The third-order valence-electron chi connectivity index (χ3n) is 6.68. The molecular formula is C32H45BrN2O2S. The fourth-order valence-corrected chi connectivity index (χ4v) is 5.10. The van der Waals surface area contributed by atoms with Gasteiger partial charge in [-0.2, -0.15) is 4.57 Å². The molecule has 1 heterocycles. The standard InChI is InChI=1S/C32H44N2O2S.BrH/c1-3-4-5-6-7-8-9-10-11-12-13-14-23-36-31-21-19-30(20-22-31)33-32(35)29-17-15-28(16-18-29)25-34-24-27(2)37-26-34;/h15-22,24,26H,3-14,23,25H2,1-2H3;1H. The monoisotopic (exact) mass is 600 g/mol. The molecule has 1 amide bonds. The van der Waals surface area contributed by atoms with Gasteiger partial charge in [-0.15, -0.1) is 0 Å². The van der Waals surface area contributed by atoms with Crippen molar-refractivity contribution in [2.75, 3.05) is 11.9 Å². The lowest BCUT2D eigenvalue weighted by atomic mass is 10.1. The fraction of sp³-hybridized carbons (Fsp3) is 0.500. The van der Waals surface area contributed by atoms with Crippen LogP contribution in [0.4, 0.5) is 5.69 Å². The predicted octanol–water partition coefficient (Wildman–Crippen LogP) is 5.73. The lowest BCUT2D eigenvalue weighted by molar-refractivity contribution is -0.683. The van der Waals surface area contributed by atoms with Gasteiger partial charge in [0.25, 0.3) is 5.91 Å². The SMILES string of the molecule is CCCCCCCCCCCCCCOc1ccc(NC(=O)c2ccc(C[n+]3csc(C)c3)cc2)cc1.[Br-]. The molecule has 6 heteroatoms. The Bertz CT molecular complexity index is 1030. The highest BCUT2D eigenvalue weighted by Crippen LogP contribution is 2.18. The number of hydrogen-bond acceptors (Lipinski definition) is 3. The molecule has 0 spiro atoms. The lowest BCUT2D eigenvalue weighted by Crippen LogP contribution is -3.00. The zero-order valence-electron chi connectivity index (χ0n) is 23.2. The first-order chi connectivity index (χ1) is 18.1. The third kappa shape index (κ3) is 12.6. The number of rotatable bonds is 18. The fourth-order valence-electron chi connectivity index (χ4n) is 4.47. The van der Waals surface area contributed by atoms with Crippen molar-refractivity contribution < 1.29 is 31.1 Å². The quantitative estimate of drug-likeness (QED) is 0.150. The van der Waals surface area contributed by atoms with E-state index < -0.39 is 0 Å². The van der Waals surface area contributed by atoms with Crippen LogP contribution in [0.3, 0.4) is 0 Å². The number of nitrogens with one attached hydrogen (secondary N) is 1. The van der Waals surface area contributed by atoms with E-state index in [2.05, 4.69) is 35.4 Å². The number of unbranched alkanes of at least 4 members (excludes halogenated alkanes) is 11. The van der Waals surface area contributed by atoms with Crippen molar-refractivity contribution >= 4 is 22.9 Å². The van der Waals surface area contributed by atoms with Gasteiger partial charge in [-0.1, -0.05) is 101 Å². The Morgan fingerprint density at radius 1 is 0.816 bits per heavy atom. The average molecular weight is 602 g/mol. The second kappa shape index (κ2) is 19.0. The van der Waals surface area contributed by atoms with Crippen LogP contribution in [0.1, 0.15) is 105 Å². The summed E-state index contributed by atoms with van der Waals surface area (Å²) in [6.07, 6.45) is 18.3. The molecule has 3 aromatic rings. The topological polar surface area (TPSA) is 42.2 Å². The highest BCUT2D eigenvalue weighted by Gasteiger charge is 2.09. The molecular weight excluding hydrogens is 556 g/mol. The Hall–Kier alpha value is -2.18. The summed E-state index contributed by atoms with van der Waals surface area (Å²) in [5, 5.41) is 2.98. The third-order valence-corrected chi connectivity index (χ3v) is 7.54. The van der Waals surface area contributed by atoms with Gasteiger partial charge in [-0.3, -0.25) is 4.79 Å². The minimum Gasteiger partial charge on any atom is -1.00 e. The van der Waals surface area contributed by atoms with E-state index >= 15 is 0 Å². The maximum absolute atomic E-state index is 12.6. The number of anilines is 1. The van der Waals surface area contributed by atoms with Crippen LogP contribution in [0.5, 0.6) is 5.75 Å². The smallest absolute Gasteiger partial charge is 0.255 e. The number of carbonyl (C=O) groups excluding carboxylic acids is 1. The molecule has 1 N–H and O–H groups in total. The Morgan fingerprint density at radius 2 is 1.39 bits per heavy atom. The van der Waals surface area contributed by atoms with E-state index in [0.29, 0.717) is 5.56 Å². The van der Waals surface area contributed by atoms with Gasteiger partial charge in [0.1, 0.15) is 5.75 Å². The molecule has 0 saturated heterocycles. The number of carbonyl (C=O) groups is 1. The Kier molecular flexibility index (Phi) is 16.0. The molecule has 1 aromatic heterocycles. The molecule has 0 unspecified atom stereocenters. The van der Waals surface area contributed by atoms with E-state index in [1.807, 2.05) is 48.5 Å². The van der Waals surface area contributed by atoms with Gasteiger partial charge in [-0.25, -0.2) is 0 Å². The first kappa shape index (κ1) is 32.0. The summed E-state index contributed by atoms with van der Waals surface area (Å²) >= 11 is 1.74. The van der Waals surface area contributed by atoms with E-state index in [0.717, 1.165) is 31.0 Å². The molecule has 0 radical (unpaired) electrons. The van der Waals surface area contributed by atoms with Crippen LogP contribution in [-0.4, -0.2) is 12.5 Å². The van der Waals surface area contributed by atoms with E-state index in [4.69, 9.17) is 4.74 Å². The van der Waals surface area contributed by atoms with E-state index in [1.54, 1.807) is 11.3 Å². The summed E-state index contributed by atoms with van der Waals surface area (Å²) in [6, 6.07) is 15.5. The summed E-state index contributed by atoms with van der Waals surface area (Å²) in [5.74, 6) is 0.752. The van der Waals surface area contributed by atoms with Gasteiger partial charge in [0.05, 0.1) is 11.5 Å². The summed E-state index contributed by atoms with van der Waals surface area (Å²) in [7, 11) is 0. The molecule has 0 aliphatic carbocycles. The van der Waals surface area contributed by atoms with Crippen LogP contribution in [0, 0.1) is 6.92 Å². The summed E-state index contributed by atoms with van der Waals surface area (Å²) in [5.41, 5.74) is 4.72. The van der Waals surface area contributed by atoms with Crippen LogP contribution < -0.4 is 31.6 Å². The largest absolute Gasteiger partial charge is 1.00 e. The predicted molar refractivity (Wildman–Crippen MR) is 156 cm³/mol. The van der Waals surface area contributed by atoms with E-state index in [1.165, 1.54) is 81.1 Å². The Balaban J connectivity index is 0.00000507. The zero-order valence-corrected chi connectivity index (χ0v) is 25.6. The van der Waals surface area contributed by atoms with Crippen molar-refractivity contribution in [2.45, 2.75) is 97.4 Å². The van der Waals surface area contributed by atoms with Crippen molar-refractivity contribution in [3.63, 3.8) is 0 Å². The molecule has 3 rings (SSSR count). The molecule has 38 heavy (non-hydrogen) atoms. The summed E-state index contributed by atoms with van der Waals surface area (Å²) in [4.78, 5) is 13.9. The number of halogens is 1. The lowest BCUT2D eigenvalue weighted by Gasteiger charge is -2.09. The number of ether oxygens (including phenoxy) is 1. The number of benzene rings is 2. The van der Waals surface area contributed by atoms with Gasteiger partial charge >= 0.3 is 0 Å². The molecule has 0 fully saturated rings. The van der Waals surface area contributed by atoms with Crippen LogP contribution in [-0.2, 0) is 6.54 Å². The number of nitrogens with zero attached hydrogens (tertiary/aromatic N) is 1.